The van der Waals surface area contributed by atoms with E-state index < -0.39 is 0 Å². The second kappa shape index (κ2) is 6.88. The Bertz CT molecular complexity index is 840. The lowest BCUT2D eigenvalue weighted by molar-refractivity contribution is 0.0526. The summed E-state index contributed by atoms with van der Waals surface area (Å²) >= 11 is 1.61. The van der Waals surface area contributed by atoms with Crippen molar-refractivity contribution >= 4 is 28.5 Å². The molecule has 0 bridgehead atoms. The molecule has 1 aliphatic carbocycles. The molecule has 1 aromatic carbocycles. The number of aliphatic imine (C=N–C) groups is 1. The molecule has 4 rings (SSSR count). The highest BCUT2D eigenvalue weighted by Gasteiger charge is 2.26. The first-order valence-corrected chi connectivity index (χ1v) is 9.33. The standard InChI is InChI=1S/C19H19NO4S/c1-2-22-19(21)17-13-5-3-4-6-16(13)25-18(17)20-10-12-7-8-14-15(9-12)24-11-23-14/h7-10H,2-6,11H2,1H3. The van der Waals surface area contributed by atoms with E-state index in [9.17, 15) is 4.79 Å². The van der Waals surface area contributed by atoms with Crippen LogP contribution >= 0.6 is 11.3 Å². The van der Waals surface area contributed by atoms with E-state index in [0.29, 0.717) is 12.2 Å². The second-order valence-corrected chi connectivity index (χ2v) is 7.07. The molecule has 1 aliphatic heterocycles. The van der Waals surface area contributed by atoms with Crippen molar-refractivity contribution in [3.8, 4) is 11.5 Å². The van der Waals surface area contributed by atoms with Crippen molar-refractivity contribution in [3.63, 3.8) is 0 Å². The number of ether oxygens (including phenoxy) is 3. The zero-order valence-corrected chi connectivity index (χ0v) is 14.9. The minimum atomic E-state index is -0.264. The molecule has 5 nitrogen and oxygen atoms in total. The summed E-state index contributed by atoms with van der Waals surface area (Å²) in [6.07, 6.45) is 6.00. The van der Waals surface area contributed by atoms with Crippen LogP contribution in [0.4, 0.5) is 5.00 Å². The van der Waals surface area contributed by atoms with E-state index >= 15 is 0 Å². The number of carbonyl (C=O) groups excluding carboxylic acids is 1. The molecule has 25 heavy (non-hydrogen) atoms. The molecule has 0 saturated heterocycles. The Morgan fingerprint density at radius 3 is 3.00 bits per heavy atom. The Labute approximate surface area is 150 Å². The molecule has 0 saturated carbocycles. The van der Waals surface area contributed by atoms with E-state index in [0.717, 1.165) is 46.9 Å². The normalized spacial score (nSPS) is 15.4. The quantitative estimate of drug-likeness (QED) is 0.605. The number of hydrogen-bond acceptors (Lipinski definition) is 6. The number of nitrogens with zero attached hydrogens (tertiary/aromatic N) is 1. The van der Waals surface area contributed by atoms with Gasteiger partial charge in [0.25, 0.3) is 0 Å². The molecule has 0 N–H and O–H groups in total. The maximum atomic E-state index is 12.4. The summed E-state index contributed by atoms with van der Waals surface area (Å²) in [7, 11) is 0. The van der Waals surface area contributed by atoms with Crippen LogP contribution in [0.15, 0.2) is 23.2 Å². The molecule has 2 aromatic rings. The van der Waals surface area contributed by atoms with Crippen LogP contribution in [0.25, 0.3) is 0 Å². The van der Waals surface area contributed by atoms with E-state index in [4.69, 9.17) is 14.2 Å². The van der Waals surface area contributed by atoms with Crippen LogP contribution in [0, 0.1) is 0 Å². The molecular formula is C19H19NO4S. The Hall–Kier alpha value is -2.34. The van der Waals surface area contributed by atoms with Crippen molar-refractivity contribution in [2.45, 2.75) is 32.6 Å². The molecular weight excluding hydrogens is 338 g/mol. The fourth-order valence-electron chi connectivity index (χ4n) is 3.18. The SMILES string of the molecule is CCOC(=O)c1c(N=Cc2ccc3c(c2)OCO3)sc2c1CCCC2. The summed E-state index contributed by atoms with van der Waals surface area (Å²) in [5.74, 6) is 1.20. The number of esters is 1. The third-order valence-electron chi connectivity index (χ3n) is 4.36. The number of fused-ring (bicyclic) bond motifs is 2. The van der Waals surface area contributed by atoms with Gasteiger partial charge >= 0.3 is 5.97 Å². The summed E-state index contributed by atoms with van der Waals surface area (Å²) in [6, 6.07) is 5.69. The van der Waals surface area contributed by atoms with E-state index in [1.807, 2.05) is 25.1 Å². The number of benzene rings is 1. The van der Waals surface area contributed by atoms with E-state index in [2.05, 4.69) is 4.99 Å². The molecule has 2 aliphatic rings. The number of hydrogen-bond donors (Lipinski definition) is 0. The molecule has 0 amide bonds. The highest BCUT2D eigenvalue weighted by molar-refractivity contribution is 7.16. The van der Waals surface area contributed by atoms with Crippen LogP contribution < -0.4 is 9.47 Å². The lowest BCUT2D eigenvalue weighted by atomic mass is 9.95. The van der Waals surface area contributed by atoms with Crippen molar-refractivity contribution in [3.05, 3.63) is 39.8 Å². The number of rotatable bonds is 4. The molecule has 0 fully saturated rings. The molecule has 0 unspecified atom stereocenters. The molecule has 1 aromatic heterocycles. The predicted octanol–water partition coefficient (Wildman–Crippen LogP) is 4.28. The molecule has 130 valence electrons. The zero-order chi connectivity index (χ0) is 17.2. The molecule has 0 atom stereocenters. The van der Waals surface area contributed by atoms with Gasteiger partial charge in [-0.1, -0.05) is 0 Å². The van der Waals surface area contributed by atoms with Crippen molar-refractivity contribution < 1.29 is 19.0 Å². The van der Waals surface area contributed by atoms with Gasteiger partial charge in [-0.3, -0.25) is 0 Å². The topological polar surface area (TPSA) is 57.1 Å². The Morgan fingerprint density at radius 2 is 2.12 bits per heavy atom. The summed E-state index contributed by atoms with van der Waals surface area (Å²) in [5, 5.41) is 0.739. The average Bonchev–Trinajstić information content (AvgIpc) is 3.23. The van der Waals surface area contributed by atoms with E-state index in [1.165, 1.54) is 11.3 Å². The molecule has 0 spiro atoms. The summed E-state index contributed by atoms with van der Waals surface area (Å²) in [4.78, 5) is 18.3. The Kier molecular flexibility index (Phi) is 4.44. The van der Waals surface area contributed by atoms with Crippen LogP contribution in [0.5, 0.6) is 11.5 Å². The third kappa shape index (κ3) is 3.14. The maximum Gasteiger partial charge on any atom is 0.341 e. The van der Waals surface area contributed by atoms with Crippen molar-refractivity contribution in [2.24, 2.45) is 4.99 Å². The van der Waals surface area contributed by atoms with Crippen LogP contribution in [0.1, 0.15) is 46.1 Å². The van der Waals surface area contributed by atoms with E-state index in [-0.39, 0.29) is 12.8 Å². The van der Waals surface area contributed by atoms with Gasteiger partial charge in [0.15, 0.2) is 11.5 Å². The van der Waals surface area contributed by atoms with Gasteiger partial charge in [0.05, 0.1) is 12.2 Å². The minimum Gasteiger partial charge on any atom is -0.462 e. The highest BCUT2D eigenvalue weighted by Crippen LogP contribution is 2.40. The molecule has 0 radical (unpaired) electrons. The first-order valence-electron chi connectivity index (χ1n) is 8.51. The van der Waals surface area contributed by atoms with Gasteiger partial charge in [-0.2, -0.15) is 0 Å². The smallest absolute Gasteiger partial charge is 0.341 e. The minimum absolute atomic E-state index is 0.251. The van der Waals surface area contributed by atoms with Gasteiger partial charge in [-0.15, -0.1) is 11.3 Å². The Morgan fingerprint density at radius 1 is 1.28 bits per heavy atom. The van der Waals surface area contributed by atoms with Crippen LogP contribution in [0.3, 0.4) is 0 Å². The Balaban J connectivity index is 1.67. The monoisotopic (exact) mass is 357 g/mol. The van der Waals surface area contributed by atoms with Gasteiger partial charge in [0.2, 0.25) is 6.79 Å². The van der Waals surface area contributed by atoms with Gasteiger partial charge in [0.1, 0.15) is 5.00 Å². The average molecular weight is 357 g/mol. The van der Waals surface area contributed by atoms with Crippen LogP contribution in [0.2, 0.25) is 0 Å². The first kappa shape index (κ1) is 16.1. The fraction of sp³-hybridized carbons (Fsp3) is 0.368. The number of carbonyl (C=O) groups is 1. The van der Waals surface area contributed by atoms with Crippen molar-refractivity contribution in [1.82, 2.24) is 0 Å². The first-order chi connectivity index (χ1) is 12.3. The fourth-order valence-corrected chi connectivity index (χ4v) is 4.40. The summed E-state index contributed by atoms with van der Waals surface area (Å²) in [6.45, 7) is 2.45. The van der Waals surface area contributed by atoms with Crippen LogP contribution in [-0.4, -0.2) is 25.6 Å². The zero-order valence-electron chi connectivity index (χ0n) is 14.0. The predicted molar refractivity (Wildman–Crippen MR) is 96.7 cm³/mol. The lowest BCUT2D eigenvalue weighted by Crippen LogP contribution is -2.09. The van der Waals surface area contributed by atoms with Crippen molar-refractivity contribution in [2.75, 3.05) is 13.4 Å². The summed E-state index contributed by atoms with van der Waals surface area (Å²) < 4.78 is 16.0. The number of aryl methyl sites for hydroxylation is 1. The summed E-state index contributed by atoms with van der Waals surface area (Å²) in [5.41, 5.74) is 2.69. The van der Waals surface area contributed by atoms with Gasteiger partial charge in [-0.25, -0.2) is 9.79 Å². The van der Waals surface area contributed by atoms with Crippen LogP contribution in [-0.2, 0) is 17.6 Å². The lowest BCUT2D eigenvalue weighted by Gasteiger charge is -2.11. The highest BCUT2D eigenvalue weighted by atomic mass is 32.1. The maximum absolute atomic E-state index is 12.4. The van der Waals surface area contributed by atoms with Gasteiger partial charge in [-0.05, 0) is 61.9 Å². The van der Waals surface area contributed by atoms with Crippen molar-refractivity contribution in [1.29, 1.82) is 0 Å². The molecule has 2 heterocycles. The largest absolute Gasteiger partial charge is 0.462 e. The third-order valence-corrected chi connectivity index (χ3v) is 5.56. The molecule has 6 heteroatoms. The second-order valence-electron chi connectivity index (χ2n) is 5.98. The van der Waals surface area contributed by atoms with Gasteiger partial charge in [0, 0.05) is 11.1 Å². The van der Waals surface area contributed by atoms with E-state index in [1.54, 1.807) is 17.6 Å². The number of thiophene rings is 1. The van der Waals surface area contributed by atoms with Gasteiger partial charge < -0.3 is 14.2 Å².